The fraction of sp³-hybridized carbons (Fsp3) is 1.00. The van der Waals surface area contributed by atoms with Gasteiger partial charge < -0.3 is 10.2 Å². The van der Waals surface area contributed by atoms with E-state index < -0.39 is 15.3 Å². The molecule has 0 aromatic rings. The number of nitrogens with zero attached hydrogens (tertiary/aromatic N) is 1. The maximum Gasteiger partial charge on any atom is 1.00 e. The van der Waals surface area contributed by atoms with Crippen molar-refractivity contribution in [2.24, 2.45) is 0 Å². The standard InChI is InChI=1S/C6H13N2O3S.K/c1-5(4-9)8-2-6(3-8)12(7,10)11;/h5-6,9H,2-4H2,1H3,(H-,7,10,11);/q-1;+1. The summed E-state index contributed by atoms with van der Waals surface area (Å²) >= 11 is 0. The van der Waals surface area contributed by atoms with E-state index in [2.05, 4.69) is 0 Å². The third-order valence-corrected chi connectivity index (χ3v) is 3.38. The second-order valence-electron chi connectivity index (χ2n) is 3.15. The van der Waals surface area contributed by atoms with Crippen molar-refractivity contribution in [3.63, 3.8) is 0 Å². The Morgan fingerprint density at radius 3 is 2.38 bits per heavy atom. The number of hydrogen-bond acceptors (Lipinski definition) is 4. The zero-order chi connectivity index (χ0) is 9.35. The molecule has 1 unspecified atom stereocenters. The van der Waals surface area contributed by atoms with Gasteiger partial charge in [0.1, 0.15) is 0 Å². The summed E-state index contributed by atoms with van der Waals surface area (Å²) in [5, 5.41) is 14.9. The summed E-state index contributed by atoms with van der Waals surface area (Å²) in [5.41, 5.74) is 0. The second kappa shape index (κ2) is 5.52. The minimum absolute atomic E-state index is 0. The smallest absolute Gasteiger partial charge is 0.564 e. The van der Waals surface area contributed by atoms with Crippen molar-refractivity contribution < 1.29 is 64.9 Å². The summed E-state index contributed by atoms with van der Waals surface area (Å²) in [4.78, 5) is 1.84. The molecule has 1 fully saturated rings. The summed E-state index contributed by atoms with van der Waals surface area (Å²) < 4.78 is 21.3. The van der Waals surface area contributed by atoms with E-state index >= 15 is 0 Å². The Morgan fingerprint density at radius 1 is 1.62 bits per heavy atom. The van der Waals surface area contributed by atoms with E-state index in [0.717, 1.165) is 0 Å². The molecule has 1 aliphatic heterocycles. The molecule has 2 N–H and O–H groups in total. The van der Waals surface area contributed by atoms with Crippen LogP contribution in [0.15, 0.2) is 0 Å². The topological polar surface area (TPSA) is 81.4 Å². The van der Waals surface area contributed by atoms with Crippen LogP contribution in [0.1, 0.15) is 6.92 Å². The van der Waals surface area contributed by atoms with Crippen LogP contribution in [0.5, 0.6) is 0 Å². The van der Waals surface area contributed by atoms with Crippen molar-refractivity contribution in [2.45, 2.75) is 18.2 Å². The van der Waals surface area contributed by atoms with Crippen molar-refractivity contribution >= 4 is 10.0 Å². The van der Waals surface area contributed by atoms with Crippen molar-refractivity contribution in [3.05, 3.63) is 5.14 Å². The van der Waals surface area contributed by atoms with Crippen molar-refractivity contribution in [1.29, 1.82) is 0 Å². The normalized spacial score (nSPS) is 21.8. The quantitative estimate of drug-likeness (QED) is 0.511. The average Bonchev–Trinajstić information content (AvgIpc) is 1.80. The van der Waals surface area contributed by atoms with Crippen LogP contribution in [0, 0.1) is 0 Å². The summed E-state index contributed by atoms with van der Waals surface area (Å²) in [5.74, 6) is 0. The number of likely N-dealkylation sites (tertiary alicyclic amines) is 1. The number of sulfonamides is 1. The Bertz CT molecular complexity index is 251. The van der Waals surface area contributed by atoms with Gasteiger partial charge in [-0.2, -0.15) is 0 Å². The zero-order valence-electron chi connectivity index (χ0n) is 7.90. The van der Waals surface area contributed by atoms with E-state index in [0.29, 0.717) is 13.1 Å². The van der Waals surface area contributed by atoms with Gasteiger partial charge in [-0.1, -0.05) is 0 Å². The maximum absolute atomic E-state index is 10.6. The van der Waals surface area contributed by atoms with Crippen molar-refractivity contribution in [3.8, 4) is 0 Å². The maximum atomic E-state index is 10.6. The van der Waals surface area contributed by atoms with Crippen molar-refractivity contribution in [2.75, 3.05) is 19.7 Å². The first kappa shape index (κ1) is 14.5. The van der Waals surface area contributed by atoms with Crippen LogP contribution in [-0.2, 0) is 10.0 Å². The van der Waals surface area contributed by atoms with Gasteiger partial charge in [0.2, 0.25) is 0 Å². The number of aliphatic hydroxyl groups excluding tert-OH is 1. The molecule has 0 bridgehead atoms. The minimum atomic E-state index is -3.61. The van der Waals surface area contributed by atoms with Gasteiger partial charge in [0.05, 0.1) is 21.9 Å². The molecule has 0 radical (unpaired) electrons. The van der Waals surface area contributed by atoms with E-state index in [9.17, 15) is 8.42 Å². The largest absolute Gasteiger partial charge is 1.00 e. The summed E-state index contributed by atoms with van der Waals surface area (Å²) in [6, 6.07) is 0.00278. The SMILES string of the molecule is CC(CO)N1CC(S([NH-])(=O)=O)C1.[K+]. The van der Waals surface area contributed by atoms with Crippen LogP contribution >= 0.6 is 0 Å². The Balaban J connectivity index is 0.00000144. The van der Waals surface area contributed by atoms with Crippen molar-refractivity contribution in [1.82, 2.24) is 4.90 Å². The molecule has 0 aliphatic carbocycles. The van der Waals surface area contributed by atoms with Crippen LogP contribution in [0.3, 0.4) is 0 Å². The van der Waals surface area contributed by atoms with E-state index in [1.54, 1.807) is 0 Å². The van der Waals surface area contributed by atoms with Gasteiger partial charge in [-0.05, 0) is 6.92 Å². The molecule has 0 aromatic heterocycles. The molecule has 0 aromatic carbocycles. The third kappa shape index (κ3) is 3.84. The van der Waals surface area contributed by atoms with E-state index in [1.165, 1.54) is 0 Å². The Labute approximate surface area is 121 Å². The van der Waals surface area contributed by atoms with Gasteiger partial charge in [0.25, 0.3) is 0 Å². The number of hydrogen-bond donors (Lipinski definition) is 1. The fourth-order valence-corrected chi connectivity index (χ4v) is 1.92. The van der Waals surface area contributed by atoms with Gasteiger partial charge in [0, 0.05) is 19.1 Å². The minimum Gasteiger partial charge on any atom is -0.564 e. The van der Waals surface area contributed by atoms with Gasteiger partial charge >= 0.3 is 51.4 Å². The molecule has 0 saturated carbocycles. The first-order chi connectivity index (χ1) is 5.45. The molecule has 1 aliphatic rings. The molecule has 1 heterocycles. The van der Waals surface area contributed by atoms with Crippen LogP contribution in [-0.4, -0.2) is 49.4 Å². The first-order valence-electron chi connectivity index (χ1n) is 3.78. The van der Waals surface area contributed by atoms with Crippen LogP contribution in [0.2, 0.25) is 0 Å². The molecule has 72 valence electrons. The van der Waals surface area contributed by atoms with Gasteiger partial charge in [-0.15, -0.1) is 0 Å². The number of rotatable bonds is 3. The average molecular weight is 232 g/mol. The van der Waals surface area contributed by atoms with Crippen LogP contribution in [0.4, 0.5) is 0 Å². The summed E-state index contributed by atoms with van der Waals surface area (Å²) in [7, 11) is -3.61. The van der Waals surface area contributed by atoms with E-state index in [-0.39, 0.29) is 64.0 Å². The molecule has 1 rings (SSSR count). The third-order valence-electron chi connectivity index (χ3n) is 2.20. The van der Waals surface area contributed by atoms with Crippen LogP contribution in [0.25, 0.3) is 5.14 Å². The fourth-order valence-electron chi connectivity index (χ4n) is 1.14. The van der Waals surface area contributed by atoms with Gasteiger partial charge in [-0.25, -0.2) is 8.42 Å². The predicted molar refractivity (Wildman–Crippen MR) is 45.2 cm³/mol. The Hall–Kier alpha value is 1.47. The predicted octanol–water partition coefficient (Wildman–Crippen LogP) is -3.56. The molecule has 13 heavy (non-hydrogen) atoms. The summed E-state index contributed by atoms with van der Waals surface area (Å²) in [6.45, 7) is 2.62. The number of aliphatic hydroxyl groups is 1. The van der Waals surface area contributed by atoms with E-state index in [4.69, 9.17) is 10.2 Å². The Kier molecular flexibility index (Phi) is 6.15. The first-order valence-corrected chi connectivity index (χ1v) is 5.33. The molecule has 0 spiro atoms. The van der Waals surface area contributed by atoms with E-state index in [1.807, 2.05) is 11.8 Å². The molecule has 1 atom stereocenters. The molecular weight excluding hydrogens is 219 g/mol. The Morgan fingerprint density at radius 2 is 2.08 bits per heavy atom. The monoisotopic (exact) mass is 232 g/mol. The zero-order valence-corrected chi connectivity index (χ0v) is 11.8. The van der Waals surface area contributed by atoms with Crippen LogP contribution < -0.4 is 51.4 Å². The second-order valence-corrected chi connectivity index (χ2v) is 4.91. The summed E-state index contributed by atoms with van der Waals surface area (Å²) in [6.07, 6.45) is 0. The molecule has 7 heteroatoms. The van der Waals surface area contributed by atoms with Gasteiger partial charge in [-0.3, -0.25) is 4.90 Å². The van der Waals surface area contributed by atoms with Gasteiger partial charge in [0.15, 0.2) is 0 Å². The molecule has 0 amide bonds. The molecular formula is C6H13KN2O3S. The molecule has 1 saturated heterocycles. The number of nitrogens with one attached hydrogen (secondary N) is 1. The molecule has 5 nitrogen and oxygen atoms in total.